The van der Waals surface area contributed by atoms with Gasteiger partial charge in [0, 0.05) is 23.9 Å². The molecule has 0 amide bonds. The summed E-state index contributed by atoms with van der Waals surface area (Å²) in [6.45, 7) is 1.84. The van der Waals surface area contributed by atoms with Crippen LogP contribution in [0.1, 0.15) is 23.8 Å². The maximum Gasteiger partial charge on any atom is 0.128 e. The van der Waals surface area contributed by atoms with E-state index in [2.05, 4.69) is 54.4 Å². The van der Waals surface area contributed by atoms with Gasteiger partial charge in [0.05, 0.1) is 12.8 Å². The van der Waals surface area contributed by atoms with Crippen LogP contribution in [0.3, 0.4) is 0 Å². The van der Waals surface area contributed by atoms with Gasteiger partial charge >= 0.3 is 0 Å². The predicted octanol–water partition coefficient (Wildman–Crippen LogP) is 4.81. The molecule has 4 heteroatoms. The number of benzene rings is 2. The van der Waals surface area contributed by atoms with Crippen molar-refractivity contribution in [1.82, 2.24) is 4.90 Å². The highest BCUT2D eigenvalue weighted by Crippen LogP contribution is 2.34. The van der Waals surface area contributed by atoms with Gasteiger partial charge < -0.3 is 9.15 Å². The maximum absolute atomic E-state index is 6.40. The van der Waals surface area contributed by atoms with E-state index in [0.29, 0.717) is 0 Å². The molecule has 1 atom stereocenters. The first-order chi connectivity index (χ1) is 10.8. The molecule has 3 aromatic rings. The average molecular weight is 330 g/mol. The lowest BCUT2D eigenvalue weighted by molar-refractivity contribution is 0.185. The number of ether oxygens (including phenoxy) is 1. The molecule has 0 bridgehead atoms. The van der Waals surface area contributed by atoms with Crippen LogP contribution in [0.5, 0.6) is 5.75 Å². The van der Waals surface area contributed by atoms with Gasteiger partial charge in [0.25, 0.3) is 0 Å². The molecule has 0 radical (unpaired) electrons. The standard InChI is InChI=1S/C19H19NO2.ClH/c1-20-11-9-18(16-10-12-21-19(16)13-20)22-17-8-4-6-14-5-2-3-7-15(14)17;/h2-8,10,12,18H,9,11,13H2,1H3;1H. The Labute approximate surface area is 142 Å². The molecule has 23 heavy (non-hydrogen) atoms. The largest absolute Gasteiger partial charge is 0.485 e. The molecule has 0 spiro atoms. The summed E-state index contributed by atoms with van der Waals surface area (Å²) in [4.78, 5) is 2.27. The van der Waals surface area contributed by atoms with Crippen LogP contribution in [0.4, 0.5) is 0 Å². The monoisotopic (exact) mass is 329 g/mol. The molecule has 0 N–H and O–H groups in total. The van der Waals surface area contributed by atoms with Crippen LogP contribution < -0.4 is 4.74 Å². The minimum atomic E-state index is 0. The fourth-order valence-electron chi connectivity index (χ4n) is 3.16. The number of halogens is 1. The van der Waals surface area contributed by atoms with Gasteiger partial charge in [-0.25, -0.2) is 0 Å². The van der Waals surface area contributed by atoms with E-state index in [1.54, 1.807) is 6.26 Å². The molecule has 3 nitrogen and oxygen atoms in total. The van der Waals surface area contributed by atoms with Crippen LogP contribution in [0, 0.1) is 0 Å². The first-order valence-corrected chi connectivity index (χ1v) is 7.70. The van der Waals surface area contributed by atoms with Crippen LogP contribution in [0.15, 0.2) is 59.2 Å². The molecule has 0 saturated carbocycles. The Morgan fingerprint density at radius 1 is 1.09 bits per heavy atom. The van der Waals surface area contributed by atoms with E-state index in [4.69, 9.17) is 9.15 Å². The summed E-state index contributed by atoms with van der Waals surface area (Å²) < 4.78 is 12.0. The number of rotatable bonds is 2. The van der Waals surface area contributed by atoms with Gasteiger partial charge in [-0.15, -0.1) is 12.4 Å². The highest BCUT2D eigenvalue weighted by atomic mass is 35.5. The second-order valence-corrected chi connectivity index (χ2v) is 5.91. The molecule has 1 aliphatic heterocycles. The summed E-state index contributed by atoms with van der Waals surface area (Å²) in [5, 5.41) is 2.37. The zero-order valence-corrected chi connectivity index (χ0v) is 13.9. The average Bonchev–Trinajstić information content (AvgIpc) is 2.94. The summed E-state index contributed by atoms with van der Waals surface area (Å²) in [5.41, 5.74) is 1.18. The SMILES string of the molecule is CN1CCC(Oc2cccc3ccccc23)c2ccoc2C1.Cl. The summed E-state index contributed by atoms with van der Waals surface area (Å²) in [6.07, 6.45) is 2.78. The smallest absolute Gasteiger partial charge is 0.128 e. The first-order valence-electron chi connectivity index (χ1n) is 7.70. The van der Waals surface area contributed by atoms with Crippen molar-refractivity contribution in [2.75, 3.05) is 13.6 Å². The number of hydrogen-bond donors (Lipinski definition) is 0. The van der Waals surface area contributed by atoms with Crippen LogP contribution in [-0.4, -0.2) is 18.5 Å². The van der Waals surface area contributed by atoms with Crippen LogP contribution in [-0.2, 0) is 6.54 Å². The Kier molecular flexibility index (Phi) is 4.60. The third-order valence-electron chi connectivity index (χ3n) is 4.33. The lowest BCUT2D eigenvalue weighted by Crippen LogP contribution is -2.18. The molecule has 1 aliphatic rings. The van der Waals surface area contributed by atoms with E-state index < -0.39 is 0 Å². The third kappa shape index (κ3) is 3.07. The minimum absolute atomic E-state index is 0. The van der Waals surface area contributed by atoms with E-state index >= 15 is 0 Å². The molecular weight excluding hydrogens is 310 g/mol. The Bertz CT molecular complexity index is 793. The fraction of sp³-hybridized carbons (Fsp3) is 0.263. The van der Waals surface area contributed by atoms with E-state index in [1.807, 2.05) is 6.07 Å². The van der Waals surface area contributed by atoms with Gasteiger partial charge in [-0.2, -0.15) is 0 Å². The summed E-state index contributed by atoms with van der Waals surface area (Å²) in [5.74, 6) is 1.96. The van der Waals surface area contributed by atoms with Gasteiger partial charge in [-0.3, -0.25) is 4.90 Å². The van der Waals surface area contributed by atoms with Gasteiger partial charge in [0.2, 0.25) is 0 Å². The number of nitrogens with zero attached hydrogens (tertiary/aromatic N) is 1. The summed E-state index contributed by atoms with van der Waals surface area (Å²) >= 11 is 0. The highest BCUT2D eigenvalue weighted by Gasteiger charge is 2.25. The van der Waals surface area contributed by atoms with Crippen LogP contribution in [0.25, 0.3) is 10.8 Å². The Balaban J connectivity index is 0.00000156. The van der Waals surface area contributed by atoms with Crippen molar-refractivity contribution in [3.05, 3.63) is 66.1 Å². The van der Waals surface area contributed by atoms with Crippen LogP contribution >= 0.6 is 12.4 Å². The Morgan fingerprint density at radius 2 is 1.91 bits per heavy atom. The Morgan fingerprint density at radius 3 is 2.83 bits per heavy atom. The zero-order valence-electron chi connectivity index (χ0n) is 13.1. The normalized spacial score (nSPS) is 18.0. The van der Waals surface area contributed by atoms with Crippen molar-refractivity contribution in [1.29, 1.82) is 0 Å². The molecule has 2 heterocycles. The second kappa shape index (κ2) is 6.65. The molecule has 4 rings (SSSR count). The second-order valence-electron chi connectivity index (χ2n) is 5.91. The van der Waals surface area contributed by atoms with E-state index in [-0.39, 0.29) is 18.5 Å². The predicted molar refractivity (Wildman–Crippen MR) is 94.2 cm³/mol. The third-order valence-corrected chi connectivity index (χ3v) is 4.33. The van der Waals surface area contributed by atoms with Crippen LogP contribution in [0.2, 0.25) is 0 Å². The van der Waals surface area contributed by atoms with E-state index in [0.717, 1.165) is 36.4 Å². The topological polar surface area (TPSA) is 25.6 Å². The molecule has 0 saturated heterocycles. The lowest BCUT2D eigenvalue weighted by atomic mass is 10.1. The van der Waals surface area contributed by atoms with Gasteiger partial charge in [-0.1, -0.05) is 36.4 Å². The van der Waals surface area contributed by atoms with Gasteiger partial charge in [0.15, 0.2) is 0 Å². The Hall–Kier alpha value is -1.97. The molecular formula is C19H20ClNO2. The van der Waals surface area contributed by atoms with Gasteiger partial charge in [-0.05, 0) is 24.6 Å². The molecule has 1 unspecified atom stereocenters. The van der Waals surface area contributed by atoms with Crippen molar-refractivity contribution in [2.45, 2.75) is 19.1 Å². The molecule has 1 aromatic heterocycles. The zero-order chi connectivity index (χ0) is 14.9. The number of hydrogen-bond acceptors (Lipinski definition) is 3. The maximum atomic E-state index is 6.40. The van der Waals surface area contributed by atoms with Gasteiger partial charge in [0.1, 0.15) is 17.6 Å². The molecule has 0 fully saturated rings. The van der Waals surface area contributed by atoms with Crippen molar-refractivity contribution in [3.8, 4) is 5.75 Å². The summed E-state index contributed by atoms with van der Waals surface area (Å²) in [7, 11) is 2.12. The van der Waals surface area contributed by atoms with Crippen molar-refractivity contribution < 1.29 is 9.15 Å². The number of fused-ring (bicyclic) bond motifs is 2. The molecule has 0 aliphatic carbocycles. The quantitative estimate of drug-likeness (QED) is 0.674. The fourth-order valence-corrected chi connectivity index (χ4v) is 3.16. The number of furan rings is 1. The van der Waals surface area contributed by atoms with E-state index in [1.165, 1.54) is 10.9 Å². The van der Waals surface area contributed by atoms with Crippen molar-refractivity contribution >= 4 is 23.2 Å². The van der Waals surface area contributed by atoms with Crippen molar-refractivity contribution in [3.63, 3.8) is 0 Å². The molecule has 2 aromatic carbocycles. The lowest BCUT2D eigenvalue weighted by Gasteiger charge is -2.19. The highest BCUT2D eigenvalue weighted by molar-refractivity contribution is 5.88. The van der Waals surface area contributed by atoms with Crippen molar-refractivity contribution in [2.24, 2.45) is 0 Å². The minimum Gasteiger partial charge on any atom is -0.485 e. The summed E-state index contributed by atoms with van der Waals surface area (Å²) in [6, 6.07) is 16.6. The van der Waals surface area contributed by atoms with E-state index in [9.17, 15) is 0 Å². The molecule has 120 valence electrons. The first kappa shape index (κ1) is 15.9.